The third-order valence-electron chi connectivity index (χ3n) is 3.57. The summed E-state index contributed by atoms with van der Waals surface area (Å²) in [5, 5.41) is 15.2. The van der Waals surface area contributed by atoms with Gasteiger partial charge in [0.05, 0.1) is 24.3 Å². The Morgan fingerprint density at radius 3 is 2.96 bits per heavy atom. The number of amides is 2. The van der Waals surface area contributed by atoms with Crippen molar-refractivity contribution in [3.63, 3.8) is 0 Å². The molecule has 0 saturated heterocycles. The van der Waals surface area contributed by atoms with Gasteiger partial charge in [-0.3, -0.25) is 0 Å². The third kappa shape index (κ3) is 5.82. The molecular formula is C16H20ClFN2O3. The lowest BCUT2D eigenvalue weighted by Crippen LogP contribution is -2.38. The number of halogens is 2. The molecule has 0 aromatic heterocycles. The molecule has 1 atom stereocenters. The largest absolute Gasteiger partial charge is 0.387 e. The highest BCUT2D eigenvalue weighted by atomic mass is 35.5. The van der Waals surface area contributed by atoms with E-state index in [9.17, 15) is 14.3 Å². The topological polar surface area (TPSA) is 70.6 Å². The lowest BCUT2D eigenvalue weighted by atomic mass is 10.1. The summed E-state index contributed by atoms with van der Waals surface area (Å²) >= 11 is 5.59. The average Bonchev–Trinajstić information content (AvgIpc) is 2.56. The first-order chi connectivity index (χ1) is 11.1. The number of hydrogen-bond acceptors (Lipinski definition) is 3. The van der Waals surface area contributed by atoms with E-state index < -0.39 is 11.9 Å². The van der Waals surface area contributed by atoms with E-state index in [1.54, 1.807) is 0 Å². The molecule has 2 amide bonds. The van der Waals surface area contributed by atoms with E-state index in [-0.39, 0.29) is 17.6 Å². The lowest BCUT2D eigenvalue weighted by molar-refractivity contribution is 0.153. The second kappa shape index (κ2) is 8.86. The summed E-state index contributed by atoms with van der Waals surface area (Å²) in [6, 6.07) is 3.68. The van der Waals surface area contributed by atoms with Gasteiger partial charge in [0.25, 0.3) is 0 Å². The summed E-state index contributed by atoms with van der Waals surface area (Å²) in [7, 11) is 0. The van der Waals surface area contributed by atoms with Crippen molar-refractivity contribution in [3.05, 3.63) is 46.3 Å². The quantitative estimate of drug-likeness (QED) is 0.696. The molecule has 0 spiro atoms. The normalized spacial score (nSPS) is 15.7. The van der Waals surface area contributed by atoms with Crippen molar-refractivity contribution in [3.8, 4) is 0 Å². The molecule has 0 radical (unpaired) electrons. The fraction of sp³-hybridized carbons (Fsp3) is 0.438. The monoisotopic (exact) mass is 342 g/mol. The molecule has 0 saturated carbocycles. The molecule has 126 valence electrons. The van der Waals surface area contributed by atoms with Crippen LogP contribution in [-0.4, -0.2) is 37.4 Å². The van der Waals surface area contributed by atoms with Gasteiger partial charge < -0.3 is 20.5 Å². The summed E-state index contributed by atoms with van der Waals surface area (Å²) in [6.45, 7) is 1.86. The molecule has 0 fully saturated rings. The maximum absolute atomic E-state index is 13.3. The SMILES string of the molecule is O=C(NCCC1=CCOCC1)NC[C@H](O)c1ccc(Cl)c(F)c1. The van der Waals surface area contributed by atoms with Crippen LogP contribution in [-0.2, 0) is 4.74 Å². The van der Waals surface area contributed by atoms with Gasteiger partial charge >= 0.3 is 6.03 Å². The molecule has 0 unspecified atom stereocenters. The molecule has 0 aliphatic carbocycles. The Bertz CT molecular complexity index is 580. The predicted octanol–water partition coefficient (Wildman–Crippen LogP) is 2.55. The minimum atomic E-state index is -0.995. The number of urea groups is 1. The van der Waals surface area contributed by atoms with Crippen LogP contribution in [0.4, 0.5) is 9.18 Å². The highest BCUT2D eigenvalue weighted by molar-refractivity contribution is 6.30. The van der Waals surface area contributed by atoms with Gasteiger partial charge in [0, 0.05) is 13.1 Å². The molecule has 1 aromatic carbocycles. The Morgan fingerprint density at radius 2 is 2.26 bits per heavy atom. The summed E-state index contributed by atoms with van der Waals surface area (Å²) in [5.74, 6) is -0.600. The van der Waals surface area contributed by atoms with E-state index in [1.165, 1.54) is 17.7 Å². The molecule has 23 heavy (non-hydrogen) atoms. The van der Waals surface area contributed by atoms with Crippen molar-refractivity contribution in [2.75, 3.05) is 26.3 Å². The number of rotatable bonds is 6. The minimum absolute atomic E-state index is 0.00549. The minimum Gasteiger partial charge on any atom is -0.387 e. The van der Waals surface area contributed by atoms with Crippen molar-refractivity contribution >= 4 is 17.6 Å². The number of carbonyl (C=O) groups is 1. The van der Waals surface area contributed by atoms with Gasteiger partial charge in [-0.2, -0.15) is 0 Å². The number of ether oxygens (including phenoxy) is 1. The Morgan fingerprint density at radius 1 is 1.43 bits per heavy atom. The van der Waals surface area contributed by atoms with Crippen molar-refractivity contribution in [1.29, 1.82) is 0 Å². The number of nitrogens with one attached hydrogen (secondary N) is 2. The smallest absolute Gasteiger partial charge is 0.314 e. The summed E-state index contributed by atoms with van der Waals surface area (Å²) in [5.41, 5.74) is 1.63. The summed E-state index contributed by atoms with van der Waals surface area (Å²) in [4.78, 5) is 11.7. The van der Waals surface area contributed by atoms with E-state index in [0.717, 1.165) is 25.5 Å². The van der Waals surface area contributed by atoms with Crippen molar-refractivity contribution in [2.24, 2.45) is 0 Å². The first-order valence-corrected chi connectivity index (χ1v) is 7.84. The number of aliphatic hydroxyl groups excluding tert-OH is 1. The van der Waals surface area contributed by atoms with Gasteiger partial charge in [-0.1, -0.05) is 29.3 Å². The zero-order valence-electron chi connectivity index (χ0n) is 12.6. The van der Waals surface area contributed by atoms with Crippen LogP contribution in [0.3, 0.4) is 0 Å². The molecule has 1 heterocycles. The van der Waals surface area contributed by atoms with Gasteiger partial charge in [0.2, 0.25) is 0 Å². The fourth-order valence-corrected chi connectivity index (χ4v) is 2.34. The van der Waals surface area contributed by atoms with E-state index in [1.807, 2.05) is 6.08 Å². The molecule has 0 bridgehead atoms. The van der Waals surface area contributed by atoms with Crippen LogP contribution in [0, 0.1) is 5.82 Å². The second-order valence-electron chi connectivity index (χ2n) is 5.26. The van der Waals surface area contributed by atoms with Gasteiger partial charge in [0.1, 0.15) is 5.82 Å². The average molecular weight is 343 g/mol. The summed E-state index contributed by atoms with van der Waals surface area (Å²) in [6.07, 6.45) is 2.71. The molecule has 7 heteroatoms. The summed E-state index contributed by atoms with van der Waals surface area (Å²) < 4.78 is 18.5. The highest BCUT2D eigenvalue weighted by Crippen LogP contribution is 2.19. The number of benzene rings is 1. The Balaban J connectivity index is 1.68. The number of aliphatic hydroxyl groups is 1. The van der Waals surface area contributed by atoms with E-state index in [2.05, 4.69) is 10.6 Å². The van der Waals surface area contributed by atoms with Crippen molar-refractivity contribution < 1.29 is 19.0 Å². The molecular weight excluding hydrogens is 323 g/mol. The van der Waals surface area contributed by atoms with E-state index >= 15 is 0 Å². The fourth-order valence-electron chi connectivity index (χ4n) is 2.22. The predicted molar refractivity (Wildman–Crippen MR) is 85.9 cm³/mol. The van der Waals surface area contributed by atoms with Gasteiger partial charge in [-0.05, 0) is 30.5 Å². The highest BCUT2D eigenvalue weighted by Gasteiger charge is 2.12. The first kappa shape index (κ1) is 17.7. The van der Waals surface area contributed by atoms with Gasteiger partial charge in [-0.15, -0.1) is 0 Å². The van der Waals surface area contributed by atoms with Crippen LogP contribution in [0.15, 0.2) is 29.8 Å². The Kier molecular flexibility index (Phi) is 6.83. The Hall–Kier alpha value is -1.63. The van der Waals surface area contributed by atoms with Crippen LogP contribution in [0.5, 0.6) is 0 Å². The molecule has 5 nitrogen and oxygen atoms in total. The van der Waals surface area contributed by atoms with E-state index in [4.69, 9.17) is 16.3 Å². The van der Waals surface area contributed by atoms with Gasteiger partial charge in [0.15, 0.2) is 0 Å². The third-order valence-corrected chi connectivity index (χ3v) is 3.88. The number of hydrogen-bond donors (Lipinski definition) is 3. The first-order valence-electron chi connectivity index (χ1n) is 7.46. The zero-order valence-corrected chi connectivity index (χ0v) is 13.4. The maximum Gasteiger partial charge on any atom is 0.314 e. The van der Waals surface area contributed by atoms with Crippen molar-refractivity contribution in [1.82, 2.24) is 10.6 Å². The maximum atomic E-state index is 13.3. The van der Waals surface area contributed by atoms with Crippen LogP contribution < -0.4 is 10.6 Å². The number of carbonyl (C=O) groups excluding carboxylic acids is 1. The Labute approximate surface area is 139 Å². The van der Waals surface area contributed by atoms with Crippen LogP contribution in [0.2, 0.25) is 5.02 Å². The molecule has 3 N–H and O–H groups in total. The molecule has 1 aliphatic heterocycles. The zero-order chi connectivity index (χ0) is 16.7. The molecule has 1 aliphatic rings. The second-order valence-corrected chi connectivity index (χ2v) is 5.67. The van der Waals surface area contributed by atoms with Gasteiger partial charge in [-0.25, -0.2) is 9.18 Å². The van der Waals surface area contributed by atoms with Crippen molar-refractivity contribution in [2.45, 2.75) is 18.9 Å². The molecule has 2 rings (SSSR count). The van der Waals surface area contributed by atoms with Crippen LogP contribution in [0.25, 0.3) is 0 Å². The van der Waals surface area contributed by atoms with E-state index in [0.29, 0.717) is 18.7 Å². The van der Waals surface area contributed by atoms with Crippen LogP contribution in [0.1, 0.15) is 24.5 Å². The lowest BCUT2D eigenvalue weighted by Gasteiger charge is -2.15. The standard InChI is InChI=1S/C16H20ClFN2O3/c17-13-2-1-12(9-14(13)18)15(21)10-20-16(22)19-6-3-11-4-7-23-8-5-11/h1-2,4,9,15,21H,3,5-8,10H2,(H2,19,20,22)/t15-/m0/s1. The van der Waals surface area contributed by atoms with Crippen LogP contribution >= 0.6 is 11.6 Å². The molecule has 1 aromatic rings.